The first-order valence-electron chi connectivity index (χ1n) is 7.30. The summed E-state index contributed by atoms with van der Waals surface area (Å²) in [5.74, 6) is -0.295. The number of urea groups is 1. The molecule has 110 valence electrons. The molecule has 0 aromatic heterocycles. The van der Waals surface area contributed by atoms with Gasteiger partial charge in [-0.05, 0) is 18.8 Å². The third-order valence-electron chi connectivity index (χ3n) is 3.77. The summed E-state index contributed by atoms with van der Waals surface area (Å²) in [6, 6.07) is -0.164. The van der Waals surface area contributed by atoms with E-state index in [-0.39, 0.29) is 19.0 Å². The van der Waals surface area contributed by atoms with Gasteiger partial charge in [0.1, 0.15) is 0 Å². The Balaban J connectivity index is 2.21. The molecule has 5 nitrogen and oxygen atoms in total. The zero-order valence-electron chi connectivity index (χ0n) is 11.9. The number of nitrogens with zero attached hydrogens (tertiary/aromatic N) is 1. The second-order valence-corrected chi connectivity index (χ2v) is 5.46. The maximum atomic E-state index is 11.8. The number of carbonyl (C=O) groups is 2. The molecule has 0 aliphatic heterocycles. The summed E-state index contributed by atoms with van der Waals surface area (Å²) in [5, 5.41) is 11.5. The van der Waals surface area contributed by atoms with Crippen LogP contribution < -0.4 is 5.32 Å². The molecular weight excluding hydrogens is 244 g/mol. The number of hydrogen-bond acceptors (Lipinski definition) is 2. The highest BCUT2D eigenvalue weighted by atomic mass is 16.4. The van der Waals surface area contributed by atoms with E-state index in [9.17, 15) is 9.59 Å². The van der Waals surface area contributed by atoms with Crippen molar-refractivity contribution >= 4 is 12.0 Å². The minimum Gasteiger partial charge on any atom is -0.481 e. The van der Waals surface area contributed by atoms with Gasteiger partial charge in [0, 0.05) is 20.1 Å². The molecule has 0 radical (unpaired) electrons. The van der Waals surface area contributed by atoms with Crippen LogP contribution in [0.25, 0.3) is 0 Å². The van der Waals surface area contributed by atoms with Crippen LogP contribution >= 0.6 is 0 Å². The molecule has 2 N–H and O–H groups in total. The Hall–Kier alpha value is -1.26. The van der Waals surface area contributed by atoms with Gasteiger partial charge in [0.25, 0.3) is 0 Å². The average molecular weight is 270 g/mol. The van der Waals surface area contributed by atoms with E-state index < -0.39 is 5.97 Å². The Morgan fingerprint density at radius 1 is 1.16 bits per heavy atom. The normalized spacial score (nSPS) is 17.3. The lowest BCUT2D eigenvalue weighted by atomic mass is 9.91. The van der Waals surface area contributed by atoms with Crippen molar-refractivity contribution in [3.8, 4) is 0 Å². The predicted octanol–water partition coefficient (Wildman–Crippen LogP) is 2.46. The molecule has 5 heteroatoms. The summed E-state index contributed by atoms with van der Waals surface area (Å²) < 4.78 is 0. The Morgan fingerprint density at radius 3 is 2.32 bits per heavy atom. The molecule has 0 atom stereocenters. The van der Waals surface area contributed by atoms with Crippen LogP contribution in [0.4, 0.5) is 4.79 Å². The standard InChI is InChI=1S/C14H26N2O3/c1-16(10-9-13(17)18)14(19)15-11-12-7-5-3-2-4-6-8-12/h12H,2-11H2,1H3,(H,15,19)(H,17,18). The number of carboxylic acids is 1. The summed E-state index contributed by atoms with van der Waals surface area (Å²) >= 11 is 0. The summed E-state index contributed by atoms with van der Waals surface area (Å²) in [7, 11) is 1.64. The number of carboxylic acid groups (broad SMARTS) is 1. The van der Waals surface area contributed by atoms with Crippen molar-refractivity contribution < 1.29 is 14.7 Å². The van der Waals surface area contributed by atoms with E-state index in [2.05, 4.69) is 5.32 Å². The van der Waals surface area contributed by atoms with Gasteiger partial charge in [0.15, 0.2) is 0 Å². The Kier molecular flexibility index (Phi) is 7.30. The molecule has 1 fully saturated rings. The fraction of sp³-hybridized carbons (Fsp3) is 0.857. The molecule has 0 saturated heterocycles. The lowest BCUT2D eigenvalue weighted by molar-refractivity contribution is -0.137. The van der Waals surface area contributed by atoms with E-state index in [1.807, 2.05) is 0 Å². The molecule has 0 aromatic carbocycles. The summed E-state index contributed by atoms with van der Waals surface area (Å²) in [5.41, 5.74) is 0. The topological polar surface area (TPSA) is 69.6 Å². The first-order valence-corrected chi connectivity index (χ1v) is 7.30. The Morgan fingerprint density at radius 2 is 1.74 bits per heavy atom. The van der Waals surface area contributed by atoms with Crippen LogP contribution in [0.5, 0.6) is 0 Å². The monoisotopic (exact) mass is 270 g/mol. The van der Waals surface area contributed by atoms with Gasteiger partial charge in [0.2, 0.25) is 0 Å². The van der Waals surface area contributed by atoms with Gasteiger partial charge in [-0.3, -0.25) is 4.79 Å². The second kappa shape index (κ2) is 8.77. The van der Waals surface area contributed by atoms with Crippen molar-refractivity contribution in [3.05, 3.63) is 0 Å². The minimum atomic E-state index is -0.875. The average Bonchev–Trinajstić information content (AvgIpc) is 2.34. The highest BCUT2D eigenvalue weighted by Gasteiger charge is 2.14. The van der Waals surface area contributed by atoms with Gasteiger partial charge in [0.05, 0.1) is 6.42 Å². The number of hydrogen-bond donors (Lipinski definition) is 2. The van der Waals surface area contributed by atoms with Crippen LogP contribution in [0.1, 0.15) is 51.4 Å². The molecule has 1 aliphatic carbocycles. The van der Waals surface area contributed by atoms with E-state index in [1.165, 1.54) is 49.8 Å². The van der Waals surface area contributed by atoms with Gasteiger partial charge in [-0.2, -0.15) is 0 Å². The predicted molar refractivity (Wildman–Crippen MR) is 74.1 cm³/mol. The molecule has 1 saturated carbocycles. The van der Waals surface area contributed by atoms with Crippen LogP contribution in [0.15, 0.2) is 0 Å². The van der Waals surface area contributed by atoms with Gasteiger partial charge < -0.3 is 15.3 Å². The third-order valence-corrected chi connectivity index (χ3v) is 3.77. The number of nitrogens with one attached hydrogen (secondary N) is 1. The van der Waals surface area contributed by atoms with E-state index in [4.69, 9.17) is 5.11 Å². The lowest BCUT2D eigenvalue weighted by Gasteiger charge is -2.22. The summed E-state index contributed by atoms with van der Waals surface area (Å²) in [6.45, 7) is 0.974. The smallest absolute Gasteiger partial charge is 0.317 e. The minimum absolute atomic E-state index is 0.00660. The van der Waals surface area contributed by atoms with Gasteiger partial charge in [-0.25, -0.2) is 4.79 Å². The van der Waals surface area contributed by atoms with Gasteiger partial charge in [-0.15, -0.1) is 0 Å². The summed E-state index contributed by atoms with van der Waals surface area (Å²) in [6.07, 6.45) is 8.86. The second-order valence-electron chi connectivity index (χ2n) is 5.46. The number of rotatable bonds is 5. The molecule has 2 amide bonds. The quantitative estimate of drug-likeness (QED) is 0.806. The maximum absolute atomic E-state index is 11.8. The Bertz CT molecular complexity index is 286. The van der Waals surface area contributed by atoms with E-state index in [0.29, 0.717) is 5.92 Å². The van der Waals surface area contributed by atoms with E-state index in [1.54, 1.807) is 7.05 Å². The molecule has 0 heterocycles. The highest BCUT2D eigenvalue weighted by molar-refractivity contribution is 5.74. The molecular formula is C14H26N2O3. The van der Waals surface area contributed by atoms with Crippen molar-refractivity contribution in [2.24, 2.45) is 5.92 Å². The van der Waals surface area contributed by atoms with Crippen molar-refractivity contribution in [3.63, 3.8) is 0 Å². The fourth-order valence-electron chi connectivity index (χ4n) is 2.48. The number of carbonyl (C=O) groups excluding carboxylic acids is 1. The van der Waals surface area contributed by atoms with Crippen molar-refractivity contribution in [2.45, 2.75) is 51.4 Å². The van der Waals surface area contributed by atoms with E-state index >= 15 is 0 Å². The fourth-order valence-corrected chi connectivity index (χ4v) is 2.48. The molecule has 0 bridgehead atoms. The maximum Gasteiger partial charge on any atom is 0.317 e. The molecule has 0 aromatic rings. The first kappa shape index (κ1) is 15.8. The van der Waals surface area contributed by atoms with Crippen LogP contribution in [-0.4, -0.2) is 42.1 Å². The first-order chi connectivity index (χ1) is 9.09. The van der Waals surface area contributed by atoms with Gasteiger partial charge >= 0.3 is 12.0 Å². The molecule has 0 spiro atoms. The molecule has 0 unspecified atom stereocenters. The largest absolute Gasteiger partial charge is 0.481 e. The van der Waals surface area contributed by atoms with Crippen LogP contribution in [0.3, 0.4) is 0 Å². The van der Waals surface area contributed by atoms with Crippen LogP contribution in [0, 0.1) is 5.92 Å². The zero-order chi connectivity index (χ0) is 14.1. The Labute approximate surface area is 115 Å². The molecule has 1 aliphatic rings. The third kappa shape index (κ3) is 7.03. The van der Waals surface area contributed by atoms with Crippen molar-refractivity contribution in [1.29, 1.82) is 0 Å². The summed E-state index contributed by atoms with van der Waals surface area (Å²) in [4.78, 5) is 23.7. The SMILES string of the molecule is CN(CCC(=O)O)C(=O)NCC1CCCCCCC1. The van der Waals surface area contributed by atoms with Crippen molar-refractivity contribution in [1.82, 2.24) is 10.2 Å². The van der Waals surface area contributed by atoms with E-state index in [0.717, 1.165) is 6.54 Å². The van der Waals surface area contributed by atoms with Crippen LogP contribution in [-0.2, 0) is 4.79 Å². The van der Waals surface area contributed by atoms with Crippen molar-refractivity contribution in [2.75, 3.05) is 20.1 Å². The zero-order valence-corrected chi connectivity index (χ0v) is 11.9. The highest BCUT2D eigenvalue weighted by Crippen LogP contribution is 2.21. The van der Waals surface area contributed by atoms with Gasteiger partial charge in [-0.1, -0.05) is 32.1 Å². The lowest BCUT2D eigenvalue weighted by Crippen LogP contribution is -2.40. The number of amides is 2. The van der Waals surface area contributed by atoms with Crippen LogP contribution in [0.2, 0.25) is 0 Å². The molecule has 1 rings (SSSR count). The molecule has 19 heavy (non-hydrogen) atoms. The number of aliphatic carboxylic acids is 1.